The van der Waals surface area contributed by atoms with Crippen LogP contribution in [0.5, 0.6) is 0 Å². The van der Waals surface area contributed by atoms with E-state index in [1.807, 2.05) is 0 Å². The molecule has 5 nitrogen and oxygen atoms in total. The van der Waals surface area contributed by atoms with Crippen LogP contribution in [0.1, 0.15) is 0 Å². The molecule has 2 aromatic rings. The first-order valence-corrected chi connectivity index (χ1v) is 8.85. The number of halogens is 1. The van der Waals surface area contributed by atoms with Crippen molar-refractivity contribution in [1.82, 2.24) is 4.90 Å². The van der Waals surface area contributed by atoms with Crippen molar-refractivity contribution in [2.24, 2.45) is 0 Å². The molecule has 0 aliphatic heterocycles. The minimum Gasteiger partial charge on any atom is -0.339 e. The zero-order valence-electron chi connectivity index (χ0n) is 12.5. The van der Waals surface area contributed by atoms with Crippen LogP contribution in [0.4, 0.5) is 14.9 Å². The summed E-state index contributed by atoms with van der Waals surface area (Å²) < 4.78 is 39.8. The maximum Gasteiger partial charge on any atom is 0.285 e. The lowest BCUT2D eigenvalue weighted by molar-refractivity contribution is 0.241. The predicted molar refractivity (Wildman–Crippen MR) is 88.6 cm³/mol. The third kappa shape index (κ3) is 4.70. The summed E-state index contributed by atoms with van der Waals surface area (Å²) in [5, 5.41) is -0.163. The molecule has 1 amide bonds. The van der Waals surface area contributed by atoms with Gasteiger partial charge in [0.05, 0.1) is 4.90 Å². The second-order valence-electron chi connectivity index (χ2n) is 4.85. The summed E-state index contributed by atoms with van der Waals surface area (Å²) in [6.07, 6.45) is 0. The molecule has 0 spiro atoms. The number of hydrogen-bond acceptors (Lipinski definition) is 4. The summed E-state index contributed by atoms with van der Waals surface area (Å²) in [6, 6.07) is 11.0. The van der Waals surface area contributed by atoms with Crippen LogP contribution < -0.4 is 4.72 Å². The van der Waals surface area contributed by atoms with E-state index < -0.39 is 15.8 Å². The van der Waals surface area contributed by atoms with E-state index in [0.717, 1.165) is 23.9 Å². The Morgan fingerprint density at radius 1 is 1.13 bits per heavy atom. The second-order valence-corrected chi connectivity index (χ2v) is 7.56. The monoisotopic (exact) mass is 354 g/mol. The van der Waals surface area contributed by atoms with Gasteiger partial charge in [0.2, 0.25) is 0 Å². The molecule has 0 bridgehead atoms. The van der Waals surface area contributed by atoms with Crippen molar-refractivity contribution in [3.05, 3.63) is 54.3 Å². The normalized spacial score (nSPS) is 11.1. The van der Waals surface area contributed by atoms with Gasteiger partial charge in [-0.25, -0.2) is 12.8 Å². The van der Waals surface area contributed by atoms with Gasteiger partial charge < -0.3 is 4.90 Å². The number of rotatable bonds is 4. The molecule has 0 saturated carbocycles. The topological polar surface area (TPSA) is 66.5 Å². The van der Waals surface area contributed by atoms with Crippen LogP contribution in [0.2, 0.25) is 0 Å². The van der Waals surface area contributed by atoms with Crippen LogP contribution in [0.25, 0.3) is 0 Å². The van der Waals surface area contributed by atoms with Gasteiger partial charge in [-0.1, -0.05) is 6.07 Å². The van der Waals surface area contributed by atoms with E-state index in [1.54, 1.807) is 38.4 Å². The molecule has 0 heterocycles. The summed E-state index contributed by atoms with van der Waals surface area (Å²) in [4.78, 5) is 13.7. The van der Waals surface area contributed by atoms with Gasteiger partial charge in [-0.3, -0.25) is 9.52 Å². The van der Waals surface area contributed by atoms with Crippen molar-refractivity contribution in [2.45, 2.75) is 9.79 Å². The largest absolute Gasteiger partial charge is 0.339 e. The Bertz CT molecular complexity index is 806. The number of benzene rings is 2. The van der Waals surface area contributed by atoms with Crippen LogP contribution >= 0.6 is 11.8 Å². The summed E-state index contributed by atoms with van der Waals surface area (Å²) in [7, 11) is -0.542. The van der Waals surface area contributed by atoms with Crippen molar-refractivity contribution in [2.75, 3.05) is 18.8 Å². The number of anilines is 1. The van der Waals surface area contributed by atoms with Gasteiger partial charge >= 0.3 is 0 Å². The highest BCUT2D eigenvalue weighted by Gasteiger charge is 2.15. The molecule has 0 aliphatic carbocycles. The molecule has 122 valence electrons. The highest BCUT2D eigenvalue weighted by molar-refractivity contribution is 8.13. The Labute approximate surface area is 138 Å². The van der Waals surface area contributed by atoms with E-state index in [9.17, 15) is 17.6 Å². The minimum absolute atomic E-state index is 0.0404. The molecule has 23 heavy (non-hydrogen) atoms. The molecule has 2 aromatic carbocycles. The Morgan fingerprint density at radius 3 is 2.39 bits per heavy atom. The Kier molecular flexibility index (Phi) is 5.27. The van der Waals surface area contributed by atoms with E-state index in [0.29, 0.717) is 10.6 Å². The maximum atomic E-state index is 12.9. The lowest BCUT2D eigenvalue weighted by Gasteiger charge is -2.11. The van der Waals surface area contributed by atoms with E-state index in [1.165, 1.54) is 17.0 Å². The fourth-order valence-corrected chi connectivity index (χ4v) is 3.41. The van der Waals surface area contributed by atoms with Crippen LogP contribution in [-0.2, 0) is 10.0 Å². The first-order chi connectivity index (χ1) is 10.8. The smallest absolute Gasteiger partial charge is 0.285 e. The quantitative estimate of drug-likeness (QED) is 0.855. The van der Waals surface area contributed by atoms with E-state index in [-0.39, 0.29) is 10.1 Å². The summed E-state index contributed by atoms with van der Waals surface area (Å²) in [6.45, 7) is 0. The zero-order valence-corrected chi connectivity index (χ0v) is 14.1. The van der Waals surface area contributed by atoms with Gasteiger partial charge in [-0.2, -0.15) is 0 Å². The van der Waals surface area contributed by atoms with Crippen LogP contribution in [0.3, 0.4) is 0 Å². The van der Waals surface area contributed by atoms with Gasteiger partial charge in [0, 0.05) is 24.7 Å². The SMILES string of the molecule is CN(C)C(=O)Sc1cccc(NS(=O)(=O)c2ccc(F)cc2)c1. The number of carbonyl (C=O) groups excluding carboxylic acids is 1. The van der Waals surface area contributed by atoms with Gasteiger partial charge in [0.1, 0.15) is 5.82 Å². The van der Waals surface area contributed by atoms with Crippen molar-refractivity contribution < 1.29 is 17.6 Å². The van der Waals surface area contributed by atoms with Gasteiger partial charge in [-0.15, -0.1) is 0 Å². The average Bonchev–Trinajstić information content (AvgIpc) is 2.47. The van der Waals surface area contributed by atoms with Crippen LogP contribution in [-0.4, -0.2) is 32.7 Å². The van der Waals surface area contributed by atoms with Gasteiger partial charge in [0.15, 0.2) is 0 Å². The molecule has 8 heteroatoms. The summed E-state index contributed by atoms with van der Waals surface area (Å²) in [5.41, 5.74) is 0.325. The Hall–Kier alpha value is -2.06. The molecule has 0 radical (unpaired) electrons. The summed E-state index contributed by atoms with van der Waals surface area (Å²) in [5.74, 6) is -0.510. The number of hydrogen-bond donors (Lipinski definition) is 1. The molecule has 0 aromatic heterocycles. The fourth-order valence-electron chi connectivity index (χ4n) is 1.64. The molecule has 0 saturated heterocycles. The zero-order chi connectivity index (χ0) is 17.0. The van der Waals surface area contributed by atoms with Crippen molar-refractivity contribution in [3.8, 4) is 0 Å². The minimum atomic E-state index is -3.81. The van der Waals surface area contributed by atoms with Crippen molar-refractivity contribution in [1.29, 1.82) is 0 Å². The van der Waals surface area contributed by atoms with Crippen LogP contribution in [0, 0.1) is 5.82 Å². The number of amides is 1. The number of thioether (sulfide) groups is 1. The lowest BCUT2D eigenvalue weighted by Crippen LogP contribution is -2.16. The first-order valence-electron chi connectivity index (χ1n) is 6.55. The van der Waals surface area contributed by atoms with E-state index in [4.69, 9.17) is 0 Å². The second kappa shape index (κ2) is 7.01. The Balaban J connectivity index is 2.19. The first kappa shape index (κ1) is 17.3. The van der Waals surface area contributed by atoms with E-state index >= 15 is 0 Å². The maximum absolute atomic E-state index is 12.9. The third-order valence-corrected chi connectivity index (χ3v) is 5.21. The highest BCUT2D eigenvalue weighted by atomic mass is 32.2. The number of sulfonamides is 1. The molecule has 2 rings (SSSR count). The highest BCUT2D eigenvalue weighted by Crippen LogP contribution is 2.25. The van der Waals surface area contributed by atoms with E-state index in [2.05, 4.69) is 4.72 Å². The molecule has 1 N–H and O–H groups in total. The molecule has 0 unspecified atom stereocenters. The average molecular weight is 354 g/mol. The predicted octanol–water partition coefficient (Wildman–Crippen LogP) is 3.40. The van der Waals surface area contributed by atoms with Gasteiger partial charge in [-0.05, 0) is 54.2 Å². The summed E-state index contributed by atoms with van der Waals surface area (Å²) >= 11 is 0.992. The van der Waals surface area contributed by atoms with Crippen LogP contribution in [0.15, 0.2) is 58.3 Å². The third-order valence-electron chi connectivity index (χ3n) is 2.78. The number of nitrogens with zero attached hydrogens (tertiary/aromatic N) is 1. The standard InChI is InChI=1S/C15H15FN2O3S2/c1-18(2)15(19)22-13-5-3-4-12(10-13)17-23(20,21)14-8-6-11(16)7-9-14/h3-10,17H,1-2H3. The number of nitrogens with one attached hydrogen (secondary N) is 1. The molecule has 0 fully saturated rings. The molecule has 0 atom stereocenters. The lowest BCUT2D eigenvalue weighted by atomic mass is 10.3. The molecule has 0 aliphatic rings. The molecular formula is C15H15FN2O3S2. The number of carbonyl (C=O) groups is 1. The fraction of sp³-hybridized carbons (Fsp3) is 0.133. The van der Waals surface area contributed by atoms with Crippen molar-refractivity contribution in [3.63, 3.8) is 0 Å². The Morgan fingerprint density at radius 2 is 1.78 bits per heavy atom. The van der Waals surface area contributed by atoms with Gasteiger partial charge in [0.25, 0.3) is 15.3 Å². The van der Waals surface area contributed by atoms with Crippen molar-refractivity contribution >= 4 is 32.7 Å². The molecular weight excluding hydrogens is 339 g/mol.